The van der Waals surface area contributed by atoms with Crippen molar-refractivity contribution in [2.45, 2.75) is 18.7 Å². The minimum atomic E-state index is -4.48. The van der Waals surface area contributed by atoms with Gasteiger partial charge in [0.25, 0.3) is 5.91 Å². The second-order valence-corrected chi connectivity index (χ2v) is 3.94. The van der Waals surface area contributed by atoms with Crippen LogP contribution in [-0.2, 0) is 32.7 Å². The Balaban J connectivity index is -0.000000216. The number of aliphatic hydroxyl groups excluding tert-OH is 1. The molecule has 0 aliphatic carbocycles. The molecule has 0 aromatic heterocycles. The zero-order chi connectivity index (χ0) is 13.8. The summed E-state index contributed by atoms with van der Waals surface area (Å²) in [6.45, 7) is 0. The first-order valence-corrected chi connectivity index (χ1v) is 5.60. The molecule has 1 amide bonds. The molecular weight excluding hydrogens is 460 g/mol. The van der Waals surface area contributed by atoms with Gasteiger partial charge in [-0.15, -0.1) is 11.6 Å². The number of benzene rings is 1. The fourth-order valence-electron chi connectivity index (χ4n) is 1.23. The molecule has 0 saturated carbocycles. The van der Waals surface area contributed by atoms with Crippen molar-refractivity contribution in [3.63, 3.8) is 0 Å². The molecule has 0 saturated heterocycles. The number of anilines is 1. The van der Waals surface area contributed by atoms with E-state index in [0.29, 0.717) is 0 Å². The Hall–Kier alpha value is 0.604. The first-order chi connectivity index (χ1) is 8.34. The van der Waals surface area contributed by atoms with E-state index in [9.17, 15) is 23.1 Å². The van der Waals surface area contributed by atoms with E-state index in [0.717, 1.165) is 12.1 Å². The van der Waals surface area contributed by atoms with E-state index in [4.69, 9.17) is 11.6 Å². The second-order valence-electron chi connectivity index (χ2n) is 3.56. The number of halogens is 8. The van der Waals surface area contributed by atoms with Gasteiger partial charge in [0.05, 0.1) is 5.56 Å². The summed E-state index contributed by atoms with van der Waals surface area (Å²) in [4.78, 5) is 11.4. The largest absolute Gasteiger partial charge is 4.00 e. The molecule has 1 rings (SSSR count). The molecule has 0 heterocycles. The number of rotatable bonds is 4. The molecule has 12 heteroatoms. The zero-order valence-corrected chi connectivity index (χ0v) is 16.5. The Bertz CT molecular complexity index is 440. The normalized spacial score (nSPS) is 10.3. The number of hydrogen-bond donors (Lipinski definition) is 2. The molecule has 2 N–H and O–H groups in total. The number of amides is 1. The van der Waals surface area contributed by atoms with Crippen molar-refractivity contribution < 1.29 is 94.4 Å². The van der Waals surface area contributed by atoms with Crippen molar-refractivity contribution >= 4 is 23.2 Å². The van der Waals surface area contributed by atoms with E-state index in [1.54, 1.807) is 0 Å². The molecule has 3 nitrogen and oxygen atoms in total. The summed E-state index contributed by atoms with van der Waals surface area (Å²) >= 11 is 5.34. The Kier molecular flexibility index (Phi) is 24.4. The van der Waals surface area contributed by atoms with Crippen LogP contribution in [0.3, 0.4) is 0 Å². The third-order valence-corrected chi connectivity index (χ3v) is 2.36. The molecular formula is C11H11Cl5F3NO2Ti. The van der Waals surface area contributed by atoms with Crippen LogP contribution in [0.25, 0.3) is 0 Å². The van der Waals surface area contributed by atoms with Gasteiger partial charge in [0.1, 0.15) is 6.10 Å². The molecule has 1 aromatic carbocycles. The summed E-state index contributed by atoms with van der Waals surface area (Å²) in [5.74, 6) is -0.702. The molecule has 1 aromatic rings. The van der Waals surface area contributed by atoms with Crippen LogP contribution in [0.4, 0.5) is 18.9 Å². The fraction of sp³-hybridized carbons (Fsp3) is 0.364. The summed E-state index contributed by atoms with van der Waals surface area (Å²) in [5.41, 5.74) is -0.893. The summed E-state index contributed by atoms with van der Waals surface area (Å²) in [6.07, 6.45) is -5.78. The number of carbonyl (C=O) groups excluding carboxylic acids is 1. The maximum Gasteiger partial charge on any atom is 4.00 e. The first kappa shape index (κ1) is 34.8. The Morgan fingerprint density at radius 2 is 1.74 bits per heavy atom. The van der Waals surface area contributed by atoms with Gasteiger partial charge in [-0.1, -0.05) is 6.07 Å². The molecule has 0 bridgehead atoms. The average molecular weight is 471 g/mol. The molecule has 132 valence electrons. The van der Waals surface area contributed by atoms with Crippen LogP contribution in [0.5, 0.6) is 0 Å². The average Bonchev–Trinajstić information content (AvgIpc) is 2.28. The van der Waals surface area contributed by atoms with Crippen molar-refractivity contribution in [1.29, 1.82) is 0 Å². The summed E-state index contributed by atoms with van der Waals surface area (Å²) < 4.78 is 37.2. The summed E-state index contributed by atoms with van der Waals surface area (Å²) in [7, 11) is 0. The fourth-order valence-corrected chi connectivity index (χ4v) is 1.44. The summed E-state index contributed by atoms with van der Waals surface area (Å²) in [5, 5.41) is 11.5. The first-order valence-electron chi connectivity index (χ1n) is 5.06. The van der Waals surface area contributed by atoms with Crippen molar-refractivity contribution in [2.24, 2.45) is 0 Å². The van der Waals surface area contributed by atoms with Crippen molar-refractivity contribution in [3.8, 4) is 0 Å². The van der Waals surface area contributed by atoms with E-state index in [1.807, 2.05) is 0 Å². The third-order valence-electron chi connectivity index (χ3n) is 2.14. The van der Waals surface area contributed by atoms with Gasteiger partial charge >= 0.3 is 27.9 Å². The number of carbonyl (C=O) groups is 1. The van der Waals surface area contributed by atoms with Gasteiger partial charge < -0.3 is 60.1 Å². The summed E-state index contributed by atoms with van der Waals surface area (Å²) in [6, 6.07) is 4.17. The van der Waals surface area contributed by atoms with Crippen LogP contribution in [0, 0.1) is 0 Å². The zero-order valence-electron chi connectivity index (χ0n) is 11.2. The Morgan fingerprint density at radius 1 is 1.22 bits per heavy atom. The minimum Gasteiger partial charge on any atom is -1.00 e. The molecule has 0 spiro atoms. The van der Waals surface area contributed by atoms with Crippen LogP contribution in [-0.4, -0.2) is 23.0 Å². The van der Waals surface area contributed by atoms with Gasteiger partial charge in [-0.25, -0.2) is 0 Å². The van der Waals surface area contributed by atoms with Crippen molar-refractivity contribution in [3.05, 3.63) is 29.8 Å². The standard InChI is InChI=1S/C11H11ClF3NO2.4ClH.Ti/c12-5-4-9(17)10(18)16-8-3-1-2-7(6-8)11(13,14)15;;;;;/h1-3,6,9,17H,4-5H2,(H,16,18);4*1H;/q;;;;;+4/p-4. The second kappa shape index (κ2) is 16.1. The number of alkyl halides is 4. The van der Waals surface area contributed by atoms with Crippen molar-refractivity contribution in [2.75, 3.05) is 11.2 Å². The van der Waals surface area contributed by atoms with Crippen LogP contribution in [0.2, 0.25) is 0 Å². The molecule has 0 radical (unpaired) electrons. The third kappa shape index (κ3) is 12.6. The number of aliphatic hydroxyl groups is 1. The minimum absolute atomic E-state index is 0. The van der Waals surface area contributed by atoms with Crippen LogP contribution in [0.1, 0.15) is 12.0 Å². The van der Waals surface area contributed by atoms with Gasteiger partial charge in [-0.3, -0.25) is 4.79 Å². The molecule has 0 fully saturated rings. The maximum absolute atomic E-state index is 12.4. The smallest absolute Gasteiger partial charge is 1.00 e. The SMILES string of the molecule is O=C(Nc1cccc(C(F)(F)F)c1)C(O)CCCl.[Cl-].[Cl-].[Cl-].[Cl-].[Ti+4]. The van der Waals surface area contributed by atoms with Gasteiger partial charge in [0, 0.05) is 11.6 Å². The van der Waals surface area contributed by atoms with Gasteiger partial charge in [0.15, 0.2) is 0 Å². The molecule has 23 heavy (non-hydrogen) atoms. The van der Waals surface area contributed by atoms with Crippen LogP contribution in [0.15, 0.2) is 24.3 Å². The van der Waals surface area contributed by atoms with Crippen LogP contribution < -0.4 is 54.9 Å². The topological polar surface area (TPSA) is 49.3 Å². The van der Waals surface area contributed by atoms with Crippen molar-refractivity contribution in [1.82, 2.24) is 0 Å². The van der Waals surface area contributed by atoms with Gasteiger partial charge in [0.2, 0.25) is 0 Å². The van der Waals surface area contributed by atoms with E-state index in [1.165, 1.54) is 12.1 Å². The Morgan fingerprint density at radius 3 is 2.17 bits per heavy atom. The predicted molar refractivity (Wildman–Crippen MR) is 61.4 cm³/mol. The van der Waals surface area contributed by atoms with E-state index in [-0.39, 0.29) is 89.3 Å². The maximum atomic E-state index is 12.4. The van der Waals surface area contributed by atoms with E-state index in [2.05, 4.69) is 5.32 Å². The number of hydrogen-bond acceptors (Lipinski definition) is 2. The monoisotopic (exact) mass is 469 g/mol. The molecule has 1 atom stereocenters. The predicted octanol–water partition coefficient (Wildman–Crippen LogP) is -9.35. The molecule has 0 aliphatic heterocycles. The number of nitrogens with one attached hydrogen (secondary N) is 1. The molecule has 0 aliphatic rings. The van der Waals surface area contributed by atoms with Crippen LogP contribution >= 0.6 is 11.6 Å². The van der Waals surface area contributed by atoms with Gasteiger partial charge in [-0.05, 0) is 24.6 Å². The Labute approximate surface area is 176 Å². The van der Waals surface area contributed by atoms with E-state index >= 15 is 0 Å². The molecule has 1 unspecified atom stereocenters. The van der Waals surface area contributed by atoms with Gasteiger partial charge in [-0.2, -0.15) is 13.2 Å². The van der Waals surface area contributed by atoms with E-state index < -0.39 is 23.8 Å². The quantitative estimate of drug-likeness (QED) is 0.339.